The molecule has 7 nitrogen and oxygen atoms in total. The van der Waals surface area contributed by atoms with E-state index in [2.05, 4.69) is 22.5 Å². The van der Waals surface area contributed by atoms with Crippen molar-refractivity contribution in [3.63, 3.8) is 0 Å². The lowest BCUT2D eigenvalue weighted by atomic mass is 10.2. The van der Waals surface area contributed by atoms with E-state index in [1.54, 1.807) is 6.92 Å². The van der Waals surface area contributed by atoms with Crippen LogP contribution in [0.15, 0.2) is 16.4 Å². The number of hydrogen-bond donors (Lipinski definition) is 2. The highest BCUT2D eigenvalue weighted by Gasteiger charge is 2.68. The molecule has 7 heteroatoms. The SMILES string of the molecule is CCCC[N+]12C(=O)C(C)N=C1C1=C(NCNC1)[N+]2=O. The molecule has 3 aliphatic heterocycles. The van der Waals surface area contributed by atoms with Crippen LogP contribution in [0.25, 0.3) is 0 Å². The van der Waals surface area contributed by atoms with Gasteiger partial charge in [-0.1, -0.05) is 13.3 Å². The normalized spacial score (nSPS) is 33.2. The zero-order valence-corrected chi connectivity index (χ0v) is 11.3. The zero-order valence-electron chi connectivity index (χ0n) is 11.3. The summed E-state index contributed by atoms with van der Waals surface area (Å²) in [5, 5.41) is 6.18. The first-order valence-corrected chi connectivity index (χ1v) is 6.79. The summed E-state index contributed by atoms with van der Waals surface area (Å²) in [4.78, 5) is 30.4. The maximum atomic E-state index is 12.6. The number of nitroso groups, excluding NO2 is 1. The molecule has 2 unspecified atom stereocenters. The minimum absolute atomic E-state index is 0.116. The summed E-state index contributed by atoms with van der Waals surface area (Å²) in [6, 6.07) is -0.431. The molecule has 102 valence electrons. The number of nitrogens with zero attached hydrogens (tertiary/aromatic N) is 3. The van der Waals surface area contributed by atoms with Gasteiger partial charge >= 0.3 is 11.7 Å². The molecule has 0 fully saturated rings. The third kappa shape index (κ3) is 1.45. The summed E-state index contributed by atoms with van der Waals surface area (Å²) in [6.07, 6.45) is 1.77. The Bertz CT molecular complexity index is 524. The lowest BCUT2D eigenvalue weighted by Gasteiger charge is -2.19. The minimum atomic E-state index is -0.431. The molecule has 0 bridgehead atoms. The monoisotopic (exact) mass is 265 g/mol. The molecule has 0 radical (unpaired) electrons. The molecule has 0 aliphatic carbocycles. The summed E-state index contributed by atoms with van der Waals surface area (Å²) in [6.45, 7) is 5.44. The molecule has 0 spiro atoms. The summed E-state index contributed by atoms with van der Waals surface area (Å²) >= 11 is 0. The number of rotatable bonds is 3. The Kier molecular flexibility index (Phi) is 2.75. The second-order valence-corrected chi connectivity index (χ2v) is 5.19. The number of nitrogens with one attached hydrogen (secondary N) is 2. The highest BCUT2D eigenvalue weighted by Crippen LogP contribution is 2.35. The average molecular weight is 265 g/mol. The summed E-state index contributed by atoms with van der Waals surface area (Å²) in [7, 11) is 0. The standard InChI is InChI=1S/C12H19N5O2/c1-3-4-5-17-11(15-8(2)12(17)18)9-6-13-7-14-10(9)16(17)19/h8,13-14H,3-7H2,1-2H3/q+2. The van der Waals surface area contributed by atoms with Gasteiger partial charge in [-0.2, -0.15) is 0 Å². The Hall–Kier alpha value is -1.60. The van der Waals surface area contributed by atoms with Crippen molar-refractivity contribution in [3.05, 3.63) is 16.3 Å². The molecule has 0 aromatic carbocycles. The first-order valence-electron chi connectivity index (χ1n) is 6.79. The molecule has 3 rings (SSSR count). The Morgan fingerprint density at radius 2 is 2.32 bits per heavy atom. The largest absolute Gasteiger partial charge is 0.389 e. The quantitative estimate of drug-likeness (QED) is 0.556. The van der Waals surface area contributed by atoms with Crippen molar-refractivity contribution in [2.24, 2.45) is 4.99 Å². The van der Waals surface area contributed by atoms with Crippen molar-refractivity contribution in [1.29, 1.82) is 0 Å². The maximum absolute atomic E-state index is 12.6. The van der Waals surface area contributed by atoms with E-state index in [1.807, 2.05) is 0 Å². The van der Waals surface area contributed by atoms with Crippen LogP contribution in [-0.2, 0) is 4.79 Å². The van der Waals surface area contributed by atoms with Gasteiger partial charge in [-0.3, -0.25) is 10.6 Å². The molecular formula is C12H19N5O2+2. The zero-order chi connectivity index (χ0) is 13.6. The molecule has 0 saturated carbocycles. The van der Waals surface area contributed by atoms with Crippen LogP contribution in [0.5, 0.6) is 0 Å². The number of unbranched alkanes of at least 4 members (excludes halogenated alkanes) is 1. The van der Waals surface area contributed by atoms with E-state index in [0.717, 1.165) is 23.3 Å². The van der Waals surface area contributed by atoms with Crippen molar-refractivity contribution >= 4 is 11.7 Å². The predicted molar refractivity (Wildman–Crippen MR) is 68.6 cm³/mol. The van der Waals surface area contributed by atoms with Gasteiger partial charge < -0.3 is 0 Å². The molecule has 0 aromatic heterocycles. The highest BCUT2D eigenvalue weighted by molar-refractivity contribution is 6.05. The van der Waals surface area contributed by atoms with E-state index in [4.69, 9.17) is 0 Å². The third-order valence-electron chi connectivity index (χ3n) is 3.96. The van der Waals surface area contributed by atoms with Gasteiger partial charge in [0.1, 0.15) is 13.2 Å². The number of aliphatic imine (C=N–C) groups is 1. The Balaban J connectivity index is 2.09. The molecule has 0 saturated heterocycles. The van der Waals surface area contributed by atoms with Crippen LogP contribution in [0.4, 0.5) is 0 Å². The molecule has 2 N–H and O–H groups in total. The van der Waals surface area contributed by atoms with Gasteiger partial charge in [-0.05, 0) is 16.4 Å². The van der Waals surface area contributed by atoms with Crippen molar-refractivity contribution < 1.29 is 14.3 Å². The number of fused-ring (bicyclic) bond motifs is 2. The smallest absolute Gasteiger partial charge is 0.277 e. The Morgan fingerprint density at radius 3 is 3.05 bits per heavy atom. The van der Waals surface area contributed by atoms with Gasteiger partial charge in [0.15, 0.2) is 16.5 Å². The van der Waals surface area contributed by atoms with Crippen LogP contribution in [0, 0.1) is 4.91 Å². The number of carbonyl (C=O) groups excluding carboxylic acids is 1. The number of amidine groups is 1. The summed E-state index contributed by atoms with van der Waals surface area (Å²) in [5.74, 6) is 1.03. The summed E-state index contributed by atoms with van der Waals surface area (Å²) < 4.78 is -0.269. The van der Waals surface area contributed by atoms with E-state index in [-0.39, 0.29) is 10.5 Å². The molecule has 0 aromatic rings. The maximum Gasteiger partial charge on any atom is 0.389 e. The molecule has 19 heavy (non-hydrogen) atoms. The Labute approximate surface area is 111 Å². The van der Waals surface area contributed by atoms with Gasteiger partial charge in [0, 0.05) is 13.0 Å². The van der Waals surface area contributed by atoms with Crippen LogP contribution >= 0.6 is 0 Å². The molecule has 1 amide bonds. The van der Waals surface area contributed by atoms with Gasteiger partial charge in [-0.15, -0.1) is 0 Å². The van der Waals surface area contributed by atoms with Crippen molar-refractivity contribution in [2.75, 3.05) is 19.8 Å². The lowest BCUT2D eigenvalue weighted by Crippen LogP contribution is -2.58. The average Bonchev–Trinajstić information content (AvgIpc) is 2.82. The van der Waals surface area contributed by atoms with Gasteiger partial charge in [0.05, 0.1) is 0 Å². The fraction of sp³-hybridized carbons (Fsp3) is 0.667. The van der Waals surface area contributed by atoms with Gasteiger partial charge in [-0.25, -0.2) is 9.79 Å². The number of quaternary nitrogens is 1. The van der Waals surface area contributed by atoms with Gasteiger partial charge in [0.25, 0.3) is 5.84 Å². The van der Waals surface area contributed by atoms with Crippen molar-refractivity contribution in [2.45, 2.75) is 32.7 Å². The van der Waals surface area contributed by atoms with E-state index < -0.39 is 6.04 Å². The predicted octanol–water partition coefficient (Wildman–Crippen LogP) is -0.0001000. The second kappa shape index (κ2) is 4.21. The van der Waals surface area contributed by atoms with Crippen LogP contribution in [0.1, 0.15) is 26.7 Å². The highest BCUT2D eigenvalue weighted by atomic mass is 16.4. The molecule has 3 heterocycles. The molecule has 3 aliphatic rings. The van der Waals surface area contributed by atoms with E-state index in [1.165, 1.54) is 0 Å². The minimum Gasteiger partial charge on any atom is -0.277 e. The number of hydrogen-bond acceptors (Lipinski definition) is 5. The van der Waals surface area contributed by atoms with Crippen molar-refractivity contribution in [1.82, 2.24) is 10.6 Å². The third-order valence-corrected chi connectivity index (χ3v) is 3.96. The van der Waals surface area contributed by atoms with Crippen LogP contribution in [-0.4, -0.2) is 47.0 Å². The lowest BCUT2D eigenvalue weighted by molar-refractivity contribution is -1.22. The number of amides is 1. The van der Waals surface area contributed by atoms with E-state index in [9.17, 15) is 9.70 Å². The molecular weight excluding hydrogens is 246 g/mol. The first kappa shape index (κ1) is 12.4. The fourth-order valence-corrected chi connectivity index (χ4v) is 2.98. The van der Waals surface area contributed by atoms with Crippen LogP contribution < -0.4 is 10.6 Å². The van der Waals surface area contributed by atoms with E-state index in [0.29, 0.717) is 31.4 Å². The van der Waals surface area contributed by atoms with Crippen LogP contribution in [0.3, 0.4) is 0 Å². The second-order valence-electron chi connectivity index (χ2n) is 5.19. The molecule has 2 atom stereocenters. The Morgan fingerprint density at radius 1 is 1.53 bits per heavy atom. The number of carbonyl (C=O) groups is 1. The topological polar surface area (TPSA) is 73.6 Å². The summed E-state index contributed by atoms with van der Waals surface area (Å²) in [5.41, 5.74) is 0.843. The fourth-order valence-electron chi connectivity index (χ4n) is 2.98. The van der Waals surface area contributed by atoms with Crippen LogP contribution in [0.2, 0.25) is 0 Å². The first-order chi connectivity index (χ1) is 9.13. The van der Waals surface area contributed by atoms with Gasteiger partial charge in [0.2, 0.25) is 0 Å². The van der Waals surface area contributed by atoms with Crippen molar-refractivity contribution in [3.8, 4) is 0 Å². The van der Waals surface area contributed by atoms with E-state index >= 15 is 0 Å².